The molecule has 4 rings (SSSR count). The van der Waals surface area contributed by atoms with Gasteiger partial charge in [0, 0.05) is 18.9 Å². The van der Waals surface area contributed by atoms with Crippen molar-refractivity contribution in [1.29, 1.82) is 0 Å². The summed E-state index contributed by atoms with van der Waals surface area (Å²) in [6.45, 7) is 2.43. The Labute approximate surface area is 164 Å². The van der Waals surface area contributed by atoms with Gasteiger partial charge in [-0.1, -0.05) is 18.6 Å². The molecular weight excluding hydrogens is 354 g/mol. The van der Waals surface area contributed by atoms with Crippen LogP contribution in [0.3, 0.4) is 0 Å². The summed E-state index contributed by atoms with van der Waals surface area (Å²) < 4.78 is 0. The number of piperidine rings is 1. The maximum atomic E-state index is 12.4. The first-order chi connectivity index (χ1) is 13.6. The lowest BCUT2D eigenvalue weighted by atomic mass is 10.1. The second-order valence-corrected chi connectivity index (χ2v) is 7.37. The van der Waals surface area contributed by atoms with Crippen molar-refractivity contribution in [2.45, 2.75) is 25.4 Å². The molecule has 2 aliphatic rings. The van der Waals surface area contributed by atoms with E-state index in [4.69, 9.17) is 0 Å². The molecule has 1 atom stereocenters. The summed E-state index contributed by atoms with van der Waals surface area (Å²) in [5, 5.41) is 5.97. The van der Waals surface area contributed by atoms with Crippen LogP contribution in [0.5, 0.6) is 0 Å². The van der Waals surface area contributed by atoms with Crippen molar-refractivity contribution < 1.29 is 9.59 Å². The van der Waals surface area contributed by atoms with Gasteiger partial charge < -0.3 is 15.5 Å². The van der Waals surface area contributed by atoms with E-state index in [2.05, 4.69) is 20.5 Å². The van der Waals surface area contributed by atoms with Crippen LogP contribution >= 0.6 is 0 Å². The van der Waals surface area contributed by atoms with Crippen LogP contribution < -0.4 is 15.5 Å². The van der Waals surface area contributed by atoms with Crippen LogP contribution in [0.1, 0.15) is 41.3 Å². The second-order valence-electron chi connectivity index (χ2n) is 7.37. The molecule has 2 N–H and O–H groups in total. The third-order valence-electron chi connectivity index (χ3n) is 5.35. The average Bonchev–Trinajstić information content (AvgIpc) is 2.72. The number of nitrogens with one attached hydrogen (secondary N) is 2. The predicted molar refractivity (Wildman–Crippen MR) is 108 cm³/mol. The fourth-order valence-corrected chi connectivity index (χ4v) is 3.85. The van der Waals surface area contributed by atoms with Crippen LogP contribution in [0.25, 0.3) is 0 Å². The van der Waals surface area contributed by atoms with E-state index in [0.717, 1.165) is 24.3 Å². The normalized spacial score (nSPS) is 19.7. The van der Waals surface area contributed by atoms with Gasteiger partial charge >= 0.3 is 0 Å². The SMILES string of the molecule is CN1c2ncccc2C(=O)N[C@@H]1c1ccc(NC(=O)CN2CCCCC2)cc1. The van der Waals surface area contributed by atoms with Crippen molar-refractivity contribution >= 4 is 23.3 Å². The minimum Gasteiger partial charge on any atom is -0.335 e. The van der Waals surface area contributed by atoms with Gasteiger partial charge in [0.15, 0.2) is 0 Å². The van der Waals surface area contributed by atoms with Gasteiger partial charge in [0.05, 0.1) is 12.1 Å². The Kier molecular flexibility index (Phi) is 5.25. The molecule has 2 amide bonds. The number of aromatic nitrogens is 1. The van der Waals surface area contributed by atoms with E-state index in [1.54, 1.807) is 18.3 Å². The monoisotopic (exact) mass is 379 g/mol. The van der Waals surface area contributed by atoms with Gasteiger partial charge in [0.1, 0.15) is 12.0 Å². The molecule has 0 bridgehead atoms. The smallest absolute Gasteiger partial charge is 0.256 e. The Hall–Kier alpha value is -2.93. The summed E-state index contributed by atoms with van der Waals surface area (Å²) in [6.07, 6.45) is 4.98. The van der Waals surface area contributed by atoms with Gasteiger partial charge in [0.25, 0.3) is 5.91 Å². The maximum absolute atomic E-state index is 12.4. The van der Waals surface area contributed by atoms with Crippen molar-refractivity contribution in [2.75, 3.05) is 36.9 Å². The molecule has 0 saturated carbocycles. The second kappa shape index (κ2) is 7.98. The van der Waals surface area contributed by atoms with Crippen molar-refractivity contribution in [3.63, 3.8) is 0 Å². The number of nitrogens with zero attached hydrogens (tertiary/aromatic N) is 3. The highest BCUT2D eigenvalue weighted by molar-refractivity contribution is 6.01. The summed E-state index contributed by atoms with van der Waals surface area (Å²) in [6, 6.07) is 11.1. The van der Waals surface area contributed by atoms with E-state index in [9.17, 15) is 9.59 Å². The van der Waals surface area contributed by atoms with E-state index in [1.807, 2.05) is 36.2 Å². The number of rotatable bonds is 4. The van der Waals surface area contributed by atoms with Gasteiger partial charge in [0.2, 0.25) is 5.91 Å². The van der Waals surface area contributed by atoms with Gasteiger partial charge in [-0.05, 0) is 55.8 Å². The van der Waals surface area contributed by atoms with E-state index in [-0.39, 0.29) is 18.0 Å². The molecule has 146 valence electrons. The van der Waals surface area contributed by atoms with Crippen LogP contribution in [0.4, 0.5) is 11.5 Å². The molecule has 2 aliphatic heterocycles. The van der Waals surface area contributed by atoms with E-state index in [0.29, 0.717) is 17.9 Å². The lowest BCUT2D eigenvalue weighted by Crippen LogP contribution is -2.45. The van der Waals surface area contributed by atoms with E-state index < -0.39 is 0 Å². The minimum absolute atomic E-state index is 0.0101. The van der Waals surface area contributed by atoms with E-state index in [1.165, 1.54) is 19.3 Å². The van der Waals surface area contributed by atoms with Crippen molar-refractivity contribution in [3.05, 3.63) is 53.7 Å². The zero-order chi connectivity index (χ0) is 19.5. The molecule has 0 radical (unpaired) electrons. The summed E-state index contributed by atoms with van der Waals surface area (Å²) in [7, 11) is 1.91. The fourth-order valence-electron chi connectivity index (χ4n) is 3.85. The number of hydrogen-bond acceptors (Lipinski definition) is 5. The molecule has 7 heteroatoms. The number of amides is 2. The highest BCUT2D eigenvalue weighted by atomic mass is 16.2. The predicted octanol–water partition coefficient (Wildman–Crippen LogP) is 2.38. The van der Waals surface area contributed by atoms with Crippen LogP contribution in [-0.4, -0.2) is 48.4 Å². The zero-order valence-electron chi connectivity index (χ0n) is 16.0. The van der Waals surface area contributed by atoms with Crippen LogP contribution in [-0.2, 0) is 4.79 Å². The summed E-state index contributed by atoms with van der Waals surface area (Å²) in [5.74, 6) is 0.538. The molecule has 2 aromatic rings. The number of anilines is 2. The van der Waals surface area contributed by atoms with Gasteiger partial charge in [-0.25, -0.2) is 4.98 Å². The molecular formula is C21H25N5O2. The van der Waals surface area contributed by atoms with Gasteiger partial charge in [-0.2, -0.15) is 0 Å². The molecule has 0 spiro atoms. The molecule has 1 aromatic carbocycles. The summed E-state index contributed by atoms with van der Waals surface area (Å²) in [5.41, 5.74) is 2.26. The first-order valence-corrected chi connectivity index (χ1v) is 9.73. The lowest BCUT2D eigenvalue weighted by molar-refractivity contribution is -0.117. The Balaban J connectivity index is 1.42. The number of likely N-dealkylation sites (tertiary alicyclic amines) is 1. The Bertz CT molecular complexity index is 861. The zero-order valence-corrected chi connectivity index (χ0v) is 16.0. The van der Waals surface area contributed by atoms with Gasteiger partial charge in [-0.3, -0.25) is 14.5 Å². The molecule has 28 heavy (non-hydrogen) atoms. The number of pyridine rings is 1. The van der Waals surface area contributed by atoms with Crippen LogP contribution in [0.2, 0.25) is 0 Å². The number of fused-ring (bicyclic) bond motifs is 1. The Morgan fingerprint density at radius 3 is 2.68 bits per heavy atom. The largest absolute Gasteiger partial charge is 0.335 e. The van der Waals surface area contributed by atoms with Gasteiger partial charge in [-0.15, -0.1) is 0 Å². The number of hydrogen-bond donors (Lipinski definition) is 2. The molecule has 1 saturated heterocycles. The third-order valence-corrected chi connectivity index (χ3v) is 5.35. The molecule has 3 heterocycles. The maximum Gasteiger partial charge on any atom is 0.256 e. The molecule has 1 aromatic heterocycles. The lowest BCUT2D eigenvalue weighted by Gasteiger charge is -2.35. The van der Waals surface area contributed by atoms with E-state index >= 15 is 0 Å². The van der Waals surface area contributed by atoms with Crippen LogP contribution in [0, 0.1) is 0 Å². The Morgan fingerprint density at radius 1 is 1.18 bits per heavy atom. The van der Waals surface area contributed by atoms with Crippen molar-refractivity contribution in [1.82, 2.24) is 15.2 Å². The van der Waals surface area contributed by atoms with Crippen molar-refractivity contribution in [2.24, 2.45) is 0 Å². The highest BCUT2D eigenvalue weighted by Crippen LogP contribution is 2.30. The Morgan fingerprint density at radius 2 is 1.93 bits per heavy atom. The molecule has 0 unspecified atom stereocenters. The quantitative estimate of drug-likeness (QED) is 0.853. The molecule has 1 fully saturated rings. The van der Waals surface area contributed by atoms with Crippen LogP contribution in [0.15, 0.2) is 42.6 Å². The number of carbonyl (C=O) groups excluding carboxylic acids is 2. The summed E-state index contributed by atoms with van der Waals surface area (Å²) in [4.78, 5) is 33.1. The summed E-state index contributed by atoms with van der Waals surface area (Å²) >= 11 is 0. The number of carbonyl (C=O) groups is 2. The fraction of sp³-hybridized carbons (Fsp3) is 0.381. The topological polar surface area (TPSA) is 77.6 Å². The van der Waals surface area contributed by atoms with Crippen molar-refractivity contribution in [3.8, 4) is 0 Å². The number of benzene rings is 1. The third kappa shape index (κ3) is 3.84. The minimum atomic E-state index is -0.298. The highest BCUT2D eigenvalue weighted by Gasteiger charge is 2.30. The first-order valence-electron chi connectivity index (χ1n) is 9.73. The molecule has 7 nitrogen and oxygen atoms in total. The average molecular weight is 379 g/mol. The first kappa shape index (κ1) is 18.4. The standard InChI is InChI=1S/C21H25N5O2/c1-25-19(24-21(28)17-6-5-11-22-20(17)25)15-7-9-16(10-8-15)23-18(27)14-26-12-3-2-4-13-26/h5-11,19H,2-4,12-14H2,1H3,(H,23,27)(H,24,28)/t19-/m0/s1. The molecule has 0 aliphatic carbocycles.